The molecule has 0 radical (unpaired) electrons. The van der Waals surface area contributed by atoms with Crippen LogP contribution >= 0.6 is 0 Å². The Hall–Kier alpha value is -1.56. The van der Waals surface area contributed by atoms with Crippen LogP contribution in [0.25, 0.3) is 0 Å². The number of benzene rings is 1. The van der Waals surface area contributed by atoms with Crippen molar-refractivity contribution < 1.29 is 17.9 Å². The Morgan fingerprint density at radius 3 is 2.61 bits per heavy atom. The van der Waals surface area contributed by atoms with Crippen molar-refractivity contribution >= 4 is 21.5 Å². The van der Waals surface area contributed by atoms with Gasteiger partial charge in [-0.25, -0.2) is 13.2 Å². The molecule has 0 spiro atoms. The van der Waals surface area contributed by atoms with E-state index in [1.807, 2.05) is 0 Å². The minimum atomic E-state index is -3.01. The van der Waals surface area contributed by atoms with Crippen LogP contribution in [0.15, 0.2) is 24.3 Å². The lowest BCUT2D eigenvalue weighted by Gasteiger charge is -2.06. The molecule has 0 fully saturated rings. The molecule has 1 aromatic carbocycles. The number of sulfone groups is 1. The van der Waals surface area contributed by atoms with Crippen LogP contribution in [0.4, 0.5) is 5.69 Å². The normalized spacial score (nSPS) is 11.2. The first-order valence-electron chi connectivity index (χ1n) is 5.68. The summed E-state index contributed by atoms with van der Waals surface area (Å²) >= 11 is 0. The molecule has 0 aromatic heterocycles. The summed E-state index contributed by atoms with van der Waals surface area (Å²) in [6.07, 6.45) is 0.300. The lowest BCUT2D eigenvalue weighted by atomic mass is 10.2. The summed E-state index contributed by atoms with van der Waals surface area (Å²) in [6, 6.07) is 6.59. The van der Waals surface area contributed by atoms with Crippen LogP contribution in [0.2, 0.25) is 0 Å². The Labute approximate surface area is 107 Å². The van der Waals surface area contributed by atoms with Gasteiger partial charge in [0.1, 0.15) is 9.84 Å². The predicted octanol–water partition coefficient (Wildman–Crippen LogP) is 1.25. The second kappa shape index (κ2) is 6.39. The molecule has 0 saturated carbocycles. The molecule has 100 valence electrons. The number of carbonyl (C=O) groups excluding carboxylic acids is 1. The number of nitrogens with two attached hydrogens (primary N) is 1. The summed E-state index contributed by atoms with van der Waals surface area (Å²) < 4.78 is 27.4. The topological polar surface area (TPSA) is 86.5 Å². The standard InChI is InChI=1S/C12H17NO4S/c1-2-18(15,16)9-5-8-17-12(14)10-6-3-4-7-11(10)13/h3-4,6-7H,2,5,8-9,13H2,1H3. The fourth-order valence-corrected chi connectivity index (χ4v) is 2.20. The van der Waals surface area contributed by atoms with Gasteiger partial charge in [0.25, 0.3) is 0 Å². The monoisotopic (exact) mass is 271 g/mol. The molecule has 0 bridgehead atoms. The molecule has 0 saturated heterocycles. The Morgan fingerprint density at radius 1 is 1.33 bits per heavy atom. The summed E-state index contributed by atoms with van der Waals surface area (Å²) in [7, 11) is -3.01. The number of nitrogen functional groups attached to an aromatic ring is 1. The van der Waals surface area contributed by atoms with Crippen LogP contribution in [-0.2, 0) is 14.6 Å². The molecule has 2 N–H and O–H groups in total. The van der Waals surface area contributed by atoms with Gasteiger partial charge in [-0.3, -0.25) is 0 Å². The van der Waals surface area contributed by atoms with Gasteiger partial charge >= 0.3 is 5.97 Å². The van der Waals surface area contributed by atoms with Gasteiger partial charge in [-0.05, 0) is 18.6 Å². The summed E-state index contributed by atoms with van der Waals surface area (Å²) in [5.41, 5.74) is 6.27. The summed E-state index contributed by atoms with van der Waals surface area (Å²) in [5, 5.41) is 0. The predicted molar refractivity (Wildman–Crippen MR) is 70.1 cm³/mol. The highest BCUT2D eigenvalue weighted by atomic mass is 32.2. The zero-order valence-corrected chi connectivity index (χ0v) is 11.1. The van der Waals surface area contributed by atoms with E-state index in [0.29, 0.717) is 17.7 Å². The molecular weight excluding hydrogens is 254 g/mol. The number of anilines is 1. The molecule has 5 nitrogen and oxygen atoms in total. The van der Waals surface area contributed by atoms with E-state index < -0.39 is 15.8 Å². The Balaban J connectivity index is 2.42. The van der Waals surface area contributed by atoms with E-state index >= 15 is 0 Å². The van der Waals surface area contributed by atoms with Crippen molar-refractivity contribution in [1.29, 1.82) is 0 Å². The van der Waals surface area contributed by atoms with Crippen LogP contribution in [0.5, 0.6) is 0 Å². The van der Waals surface area contributed by atoms with Gasteiger partial charge in [-0.2, -0.15) is 0 Å². The van der Waals surface area contributed by atoms with Crippen molar-refractivity contribution in [1.82, 2.24) is 0 Å². The number of carbonyl (C=O) groups is 1. The molecule has 0 amide bonds. The van der Waals surface area contributed by atoms with Crippen molar-refractivity contribution in [2.75, 3.05) is 23.8 Å². The molecule has 0 unspecified atom stereocenters. The first-order valence-corrected chi connectivity index (χ1v) is 7.50. The SMILES string of the molecule is CCS(=O)(=O)CCCOC(=O)c1ccccc1N. The summed E-state index contributed by atoms with van der Waals surface area (Å²) in [4.78, 5) is 11.6. The zero-order chi connectivity index (χ0) is 13.6. The van der Waals surface area contributed by atoms with Crippen LogP contribution in [0, 0.1) is 0 Å². The number of para-hydroxylation sites is 1. The summed E-state index contributed by atoms with van der Waals surface area (Å²) in [5.74, 6) is -0.393. The highest BCUT2D eigenvalue weighted by Gasteiger charge is 2.11. The van der Waals surface area contributed by atoms with E-state index in [4.69, 9.17) is 10.5 Å². The van der Waals surface area contributed by atoms with Crippen molar-refractivity contribution in [3.8, 4) is 0 Å². The van der Waals surface area contributed by atoms with Crippen molar-refractivity contribution in [3.05, 3.63) is 29.8 Å². The minimum Gasteiger partial charge on any atom is -0.462 e. The van der Waals surface area contributed by atoms with Gasteiger partial charge in [-0.15, -0.1) is 0 Å². The van der Waals surface area contributed by atoms with Gasteiger partial charge in [0.15, 0.2) is 0 Å². The molecule has 0 aliphatic carbocycles. The molecule has 6 heteroatoms. The molecule has 0 heterocycles. The van der Waals surface area contributed by atoms with Crippen LogP contribution in [-0.4, -0.2) is 32.5 Å². The molecule has 0 aliphatic rings. The third-order valence-electron chi connectivity index (χ3n) is 2.45. The summed E-state index contributed by atoms with van der Waals surface area (Å²) in [6.45, 7) is 1.67. The van der Waals surface area contributed by atoms with Gasteiger partial charge in [0, 0.05) is 11.4 Å². The average Bonchev–Trinajstić information content (AvgIpc) is 2.35. The molecule has 0 aliphatic heterocycles. The van der Waals surface area contributed by atoms with Crippen LogP contribution < -0.4 is 5.73 Å². The van der Waals surface area contributed by atoms with E-state index in [9.17, 15) is 13.2 Å². The van der Waals surface area contributed by atoms with E-state index in [-0.39, 0.29) is 18.1 Å². The van der Waals surface area contributed by atoms with Crippen molar-refractivity contribution in [3.63, 3.8) is 0 Å². The van der Waals surface area contributed by atoms with E-state index in [1.165, 1.54) is 0 Å². The quantitative estimate of drug-likeness (QED) is 0.478. The second-order valence-electron chi connectivity index (χ2n) is 3.81. The Bertz CT molecular complexity index is 511. The molecule has 18 heavy (non-hydrogen) atoms. The first-order chi connectivity index (χ1) is 8.46. The number of ether oxygens (including phenoxy) is 1. The average molecular weight is 271 g/mol. The number of hydrogen-bond donors (Lipinski definition) is 1. The van der Waals surface area contributed by atoms with Crippen LogP contribution in [0.1, 0.15) is 23.7 Å². The number of hydrogen-bond acceptors (Lipinski definition) is 5. The van der Waals surface area contributed by atoms with Gasteiger partial charge in [-0.1, -0.05) is 19.1 Å². The largest absolute Gasteiger partial charge is 0.462 e. The smallest absolute Gasteiger partial charge is 0.340 e. The van der Waals surface area contributed by atoms with E-state index in [2.05, 4.69) is 0 Å². The lowest BCUT2D eigenvalue weighted by Crippen LogP contribution is -2.14. The highest BCUT2D eigenvalue weighted by molar-refractivity contribution is 7.91. The minimum absolute atomic E-state index is 0.0288. The number of esters is 1. The van der Waals surface area contributed by atoms with Gasteiger partial charge in [0.05, 0.1) is 17.9 Å². The maximum atomic E-state index is 11.6. The Kier molecular flexibility index (Phi) is 5.15. The molecule has 1 rings (SSSR count). The van der Waals surface area contributed by atoms with Gasteiger partial charge in [0.2, 0.25) is 0 Å². The highest BCUT2D eigenvalue weighted by Crippen LogP contribution is 2.11. The lowest BCUT2D eigenvalue weighted by molar-refractivity contribution is 0.0507. The van der Waals surface area contributed by atoms with Crippen LogP contribution in [0.3, 0.4) is 0 Å². The maximum absolute atomic E-state index is 11.6. The fraction of sp³-hybridized carbons (Fsp3) is 0.417. The Morgan fingerprint density at radius 2 is 2.00 bits per heavy atom. The second-order valence-corrected chi connectivity index (χ2v) is 6.29. The first kappa shape index (κ1) is 14.5. The maximum Gasteiger partial charge on any atom is 0.340 e. The fourth-order valence-electron chi connectivity index (χ4n) is 1.35. The molecular formula is C12H17NO4S. The van der Waals surface area contributed by atoms with Gasteiger partial charge < -0.3 is 10.5 Å². The number of rotatable bonds is 6. The van der Waals surface area contributed by atoms with E-state index in [1.54, 1.807) is 31.2 Å². The zero-order valence-electron chi connectivity index (χ0n) is 10.3. The third-order valence-corrected chi connectivity index (χ3v) is 4.24. The van der Waals surface area contributed by atoms with Crippen molar-refractivity contribution in [2.45, 2.75) is 13.3 Å². The molecule has 1 aromatic rings. The third kappa shape index (κ3) is 4.37. The molecule has 0 atom stereocenters. The van der Waals surface area contributed by atoms with E-state index in [0.717, 1.165) is 0 Å². The van der Waals surface area contributed by atoms with Crippen molar-refractivity contribution in [2.24, 2.45) is 0 Å².